The number of nitrogens with two attached hydrogens (primary N) is 1. The topological polar surface area (TPSA) is 58.4 Å². The van der Waals surface area contributed by atoms with Gasteiger partial charge in [-0.05, 0) is 57.5 Å². The summed E-state index contributed by atoms with van der Waals surface area (Å²) >= 11 is 0. The number of anilines is 1. The molecule has 3 N–H and O–H groups in total. The Labute approximate surface area is 127 Å². The van der Waals surface area contributed by atoms with E-state index in [0.717, 1.165) is 30.9 Å². The third-order valence-corrected chi connectivity index (χ3v) is 3.92. The highest BCUT2D eigenvalue weighted by Crippen LogP contribution is 2.19. The number of benzene rings is 1. The molecule has 1 aliphatic heterocycles. The molecule has 4 nitrogen and oxygen atoms in total. The number of likely N-dealkylation sites (tertiary alicyclic amines) is 1. The van der Waals surface area contributed by atoms with E-state index in [-0.39, 0.29) is 11.9 Å². The Morgan fingerprint density at radius 3 is 2.48 bits per heavy atom. The van der Waals surface area contributed by atoms with Crippen molar-refractivity contribution in [3.63, 3.8) is 0 Å². The molecule has 1 fully saturated rings. The number of nitrogens with zero attached hydrogens (tertiary/aromatic N) is 1. The first-order valence-corrected chi connectivity index (χ1v) is 7.98. The molecule has 1 saturated heterocycles. The fraction of sp³-hybridized carbons (Fsp3) is 0.588. The van der Waals surface area contributed by atoms with Gasteiger partial charge in [-0.2, -0.15) is 0 Å². The van der Waals surface area contributed by atoms with Gasteiger partial charge in [-0.1, -0.05) is 18.9 Å². The van der Waals surface area contributed by atoms with Crippen LogP contribution in [-0.4, -0.2) is 29.9 Å². The van der Waals surface area contributed by atoms with Crippen LogP contribution in [0.2, 0.25) is 0 Å². The van der Waals surface area contributed by atoms with Crippen molar-refractivity contribution in [2.45, 2.75) is 52.1 Å². The zero-order chi connectivity index (χ0) is 15.2. The van der Waals surface area contributed by atoms with Gasteiger partial charge < -0.3 is 11.1 Å². The molecule has 2 rings (SSSR count). The number of carbonyl (C=O) groups is 1. The normalized spacial score (nSPS) is 16.7. The van der Waals surface area contributed by atoms with E-state index in [1.54, 1.807) is 6.07 Å². The molecule has 0 spiro atoms. The molecule has 1 heterocycles. The van der Waals surface area contributed by atoms with E-state index in [1.807, 2.05) is 26.0 Å². The zero-order valence-electron chi connectivity index (χ0n) is 13.2. The Hall–Kier alpha value is -1.55. The number of rotatable bonds is 4. The first-order valence-electron chi connectivity index (χ1n) is 7.98. The van der Waals surface area contributed by atoms with Crippen LogP contribution in [0, 0.1) is 0 Å². The molecule has 21 heavy (non-hydrogen) atoms. The Morgan fingerprint density at radius 1 is 1.24 bits per heavy atom. The predicted octanol–water partition coefficient (Wildman–Crippen LogP) is 2.78. The van der Waals surface area contributed by atoms with Crippen LogP contribution in [0.25, 0.3) is 0 Å². The van der Waals surface area contributed by atoms with Gasteiger partial charge in [0.2, 0.25) is 0 Å². The molecule has 1 aliphatic rings. The van der Waals surface area contributed by atoms with Gasteiger partial charge in [0.1, 0.15) is 0 Å². The molecule has 0 aromatic heterocycles. The fourth-order valence-electron chi connectivity index (χ4n) is 2.76. The average Bonchev–Trinajstić information content (AvgIpc) is 2.69. The summed E-state index contributed by atoms with van der Waals surface area (Å²) in [6.45, 7) is 7.09. The van der Waals surface area contributed by atoms with Crippen molar-refractivity contribution in [1.29, 1.82) is 0 Å². The zero-order valence-corrected chi connectivity index (χ0v) is 13.2. The van der Waals surface area contributed by atoms with Crippen LogP contribution in [0.1, 0.15) is 55.5 Å². The van der Waals surface area contributed by atoms with Gasteiger partial charge >= 0.3 is 0 Å². The molecule has 0 atom stereocenters. The number of hydrogen-bond acceptors (Lipinski definition) is 3. The van der Waals surface area contributed by atoms with Crippen molar-refractivity contribution in [3.05, 3.63) is 29.3 Å². The maximum atomic E-state index is 12.0. The van der Waals surface area contributed by atoms with Gasteiger partial charge in [0.25, 0.3) is 5.91 Å². The number of carbonyl (C=O) groups excluding carboxylic acids is 1. The maximum absolute atomic E-state index is 12.0. The number of amides is 1. The molecule has 1 aromatic rings. The van der Waals surface area contributed by atoms with E-state index in [1.165, 1.54) is 25.7 Å². The summed E-state index contributed by atoms with van der Waals surface area (Å²) in [5.41, 5.74) is 8.62. The van der Waals surface area contributed by atoms with E-state index in [2.05, 4.69) is 10.2 Å². The van der Waals surface area contributed by atoms with Crippen molar-refractivity contribution >= 4 is 11.6 Å². The van der Waals surface area contributed by atoms with Gasteiger partial charge in [0, 0.05) is 23.8 Å². The van der Waals surface area contributed by atoms with Crippen LogP contribution in [0.5, 0.6) is 0 Å². The monoisotopic (exact) mass is 289 g/mol. The van der Waals surface area contributed by atoms with E-state index in [0.29, 0.717) is 5.56 Å². The van der Waals surface area contributed by atoms with Crippen molar-refractivity contribution in [2.75, 3.05) is 18.8 Å². The molecule has 0 bridgehead atoms. The molecule has 0 saturated carbocycles. The molecule has 0 aliphatic carbocycles. The summed E-state index contributed by atoms with van der Waals surface area (Å²) in [5.74, 6) is -0.0574. The molecule has 0 unspecified atom stereocenters. The van der Waals surface area contributed by atoms with Crippen LogP contribution in [0.3, 0.4) is 0 Å². The van der Waals surface area contributed by atoms with E-state index < -0.39 is 0 Å². The van der Waals surface area contributed by atoms with E-state index >= 15 is 0 Å². The van der Waals surface area contributed by atoms with E-state index in [4.69, 9.17) is 5.73 Å². The third-order valence-electron chi connectivity index (χ3n) is 3.92. The van der Waals surface area contributed by atoms with Gasteiger partial charge in [0.05, 0.1) is 0 Å². The summed E-state index contributed by atoms with van der Waals surface area (Å²) in [5, 5.41) is 2.89. The van der Waals surface area contributed by atoms with Crippen molar-refractivity contribution < 1.29 is 4.79 Å². The number of nitrogens with one attached hydrogen (secondary N) is 1. The van der Waals surface area contributed by atoms with Crippen LogP contribution in [0.4, 0.5) is 5.69 Å². The second kappa shape index (κ2) is 7.46. The molecule has 1 aromatic carbocycles. The van der Waals surface area contributed by atoms with Crippen LogP contribution >= 0.6 is 0 Å². The first kappa shape index (κ1) is 15.8. The van der Waals surface area contributed by atoms with Crippen molar-refractivity contribution in [2.24, 2.45) is 0 Å². The summed E-state index contributed by atoms with van der Waals surface area (Å²) < 4.78 is 0. The minimum atomic E-state index is -0.0574. The fourth-order valence-corrected chi connectivity index (χ4v) is 2.76. The van der Waals surface area contributed by atoms with Gasteiger partial charge in [-0.15, -0.1) is 0 Å². The maximum Gasteiger partial charge on any atom is 0.251 e. The Morgan fingerprint density at radius 2 is 1.90 bits per heavy atom. The highest BCUT2D eigenvalue weighted by molar-refractivity contribution is 5.95. The predicted molar refractivity (Wildman–Crippen MR) is 87.2 cm³/mol. The first-order chi connectivity index (χ1) is 10.1. The van der Waals surface area contributed by atoms with Crippen molar-refractivity contribution in [3.8, 4) is 0 Å². The lowest BCUT2D eigenvalue weighted by Crippen LogP contribution is -2.30. The lowest BCUT2D eigenvalue weighted by molar-refractivity contribution is 0.0943. The second-order valence-corrected chi connectivity index (χ2v) is 6.23. The molecule has 4 heteroatoms. The smallest absolute Gasteiger partial charge is 0.251 e. The largest absolute Gasteiger partial charge is 0.398 e. The quantitative estimate of drug-likeness (QED) is 0.838. The highest BCUT2D eigenvalue weighted by Gasteiger charge is 2.13. The van der Waals surface area contributed by atoms with Gasteiger partial charge in [0.15, 0.2) is 0 Å². The van der Waals surface area contributed by atoms with Crippen LogP contribution in [-0.2, 0) is 6.54 Å². The molecule has 116 valence electrons. The van der Waals surface area contributed by atoms with Crippen molar-refractivity contribution in [1.82, 2.24) is 10.2 Å². The lowest BCUT2D eigenvalue weighted by atomic mass is 10.1. The molecular formula is C17H27N3O. The highest BCUT2D eigenvalue weighted by atomic mass is 16.1. The minimum Gasteiger partial charge on any atom is -0.398 e. The molecular weight excluding hydrogens is 262 g/mol. The average molecular weight is 289 g/mol. The third kappa shape index (κ3) is 4.74. The number of nitrogen functional groups attached to an aromatic ring is 1. The Bertz CT molecular complexity index is 477. The minimum absolute atomic E-state index is 0.0574. The summed E-state index contributed by atoms with van der Waals surface area (Å²) in [7, 11) is 0. The lowest BCUT2D eigenvalue weighted by Gasteiger charge is -2.21. The van der Waals surface area contributed by atoms with Gasteiger partial charge in [-0.25, -0.2) is 0 Å². The Balaban J connectivity index is 2.03. The SMILES string of the molecule is CC(C)NC(=O)c1ccc(CN2CCCCCC2)c(N)c1. The van der Waals surface area contributed by atoms with Gasteiger partial charge in [-0.3, -0.25) is 9.69 Å². The summed E-state index contributed by atoms with van der Waals surface area (Å²) in [4.78, 5) is 14.4. The number of hydrogen-bond donors (Lipinski definition) is 2. The van der Waals surface area contributed by atoms with E-state index in [9.17, 15) is 4.79 Å². The molecule has 0 radical (unpaired) electrons. The second-order valence-electron chi connectivity index (χ2n) is 6.23. The Kier molecular flexibility index (Phi) is 5.62. The standard InChI is InChI=1S/C17H27N3O/c1-13(2)19-17(21)14-7-8-15(16(18)11-14)12-20-9-5-3-4-6-10-20/h7-8,11,13H,3-6,9-10,12,18H2,1-2H3,(H,19,21). The summed E-state index contributed by atoms with van der Waals surface area (Å²) in [6, 6.07) is 5.80. The summed E-state index contributed by atoms with van der Waals surface area (Å²) in [6.07, 6.45) is 5.21. The molecule has 1 amide bonds. The van der Waals surface area contributed by atoms with Crippen LogP contribution < -0.4 is 11.1 Å². The van der Waals surface area contributed by atoms with Crippen LogP contribution in [0.15, 0.2) is 18.2 Å².